The number of nitrogens with two attached hydrogens (primary N) is 1. The van der Waals surface area contributed by atoms with Gasteiger partial charge in [-0.15, -0.1) is 0 Å². The van der Waals surface area contributed by atoms with Crippen LogP contribution in [0.15, 0.2) is 18.3 Å². The minimum absolute atomic E-state index is 0.0207. The maximum atomic E-state index is 14.3. The monoisotopic (exact) mass is 344 g/mol. The summed E-state index contributed by atoms with van der Waals surface area (Å²) in [6, 6.07) is 3.21. The first-order chi connectivity index (χ1) is 10.7. The summed E-state index contributed by atoms with van der Waals surface area (Å²) >= 11 is 5.66. The number of ether oxygens (including phenoxy) is 1. The molecule has 0 aliphatic heterocycles. The molecule has 0 bridgehead atoms. The first kappa shape index (κ1) is 16.1. The number of nitrogens with zero attached hydrogens (tertiary/aromatic N) is 1. The Bertz CT molecular complexity index is 672. The molecule has 1 aromatic heterocycles. The molecule has 2 aliphatic carbocycles. The molecule has 4 N–H and O–H groups in total. The molecule has 5 atom stereocenters. The number of halogens is 2. The van der Waals surface area contributed by atoms with E-state index in [2.05, 4.69) is 4.98 Å². The molecule has 2 fully saturated rings. The molecule has 0 radical (unpaired) electrons. The summed E-state index contributed by atoms with van der Waals surface area (Å²) in [5.41, 5.74) is 1.85. The van der Waals surface area contributed by atoms with Crippen LogP contribution in [0, 0.1) is 11.8 Å². The van der Waals surface area contributed by atoms with Gasteiger partial charge in [-0.1, -0.05) is 17.7 Å². The van der Waals surface area contributed by atoms with E-state index in [4.69, 9.17) is 27.2 Å². The third-order valence-corrected chi connectivity index (χ3v) is 4.96. The molecule has 0 aromatic carbocycles. The maximum Gasteiger partial charge on any atom is 0.342 e. The minimum atomic E-state index is -2.59. The van der Waals surface area contributed by atoms with Gasteiger partial charge in [0, 0.05) is 18.0 Å². The van der Waals surface area contributed by atoms with Crippen LogP contribution in [0.1, 0.15) is 12.0 Å². The van der Waals surface area contributed by atoms with Crippen molar-refractivity contribution < 1.29 is 28.9 Å². The highest BCUT2D eigenvalue weighted by Gasteiger charge is 2.85. The largest absolute Gasteiger partial charge is 0.480 e. The summed E-state index contributed by atoms with van der Waals surface area (Å²) in [5.74, 6) is -5.39. The predicted octanol–water partition coefficient (Wildman–Crippen LogP) is 0.845. The number of pyridine rings is 1. The first-order valence-electron chi connectivity index (χ1n) is 6.89. The van der Waals surface area contributed by atoms with Gasteiger partial charge >= 0.3 is 11.9 Å². The molecule has 124 valence electrons. The van der Waals surface area contributed by atoms with Gasteiger partial charge in [0.25, 0.3) is 0 Å². The number of rotatable bonds is 5. The number of aromatic nitrogens is 1. The summed E-state index contributed by atoms with van der Waals surface area (Å²) in [7, 11) is 0. The molecule has 0 saturated heterocycles. The summed E-state index contributed by atoms with van der Waals surface area (Å²) in [5, 5.41) is 18.7. The van der Waals surface area contributed by atoms with Crippen LogP contribution in [0.5, 0.6) is 0 Å². The van der Waals surface area contributed by atoms with Crippen molar-refractivity contribution in [3.8, 4) is 0 Å². The molecule has 2 saturated carbocycles. The zero-order valence-corrected chi connectivity index (χ0v) is 12.5. The number of fused-ring (bicyclic) bond motifs is 1. The normalized spacial score (nSPS) is 38.1. The van der Waals surface area contributed by atoms with E-state index in [-0.39, 0.29) is 13.0 Å². The van der Waals surface area contributed by atoms with E-state index in [1.165, 1.54) is 6.20 Å². The van der Waals surface area contributed by atoms with Gasteiger partial charge in [-0.3, -0.25) is 4.79 Å². The van der Waals surface area contributed by atoms with Crippen molar-refractivity contribution in [3.63, 3.8) is 0 Å². The topological polar surface area (TPSA) is 123 Å². The van der Waals surface area contributed by atoms with Gasteiger partial charge in [0.1, 0.15) is 10.7 Å². The van der Waals surface area contributed by atoms with Crippen molar-refractivity contribution in [2.45, 2.75) is 30.3 Å². The van der Waals surface area contributed by atoms with Crippen LogP contribution in [0.4, 0.5) is 4.39 Å². The van der Waals surface area contributed by atoms with Gasteiger partial charge in [0.05, 0.1) is 12.7 Å². The number of carbonyl (C=O) groups is 2. The molecule has 3 rings (SSSR count). The molecule has 0 unspecified atom stereocenters. The van der Waals surface area contributed by atoms with E-state index < -0.39 is 41.1 Å². The van der Waals surface area contributed by atoms with E-state index >= 15 is 0 Å². The number of aliphatic carboxylic acids is 2. The van der Waals surface area contributed by atoms with Crippen molar-refractivity contribution in [3.05, 3.63) is 29.0 Å². The van der Waals surface area contributed by atoms with Crippen LogP contribution in [-0.4, -0.2) is 44.4 Å². The average Bonchev–Trinajstić information content (AvgIpc) is 2.96. The Hall–Kier alpha value is -1.77. The Balaban J connectivity index is 1.75. The molecule has 9 heteroatoms. The lowest BCUT2D eigenvalue weighted by Gasteiger charge is -2.31. The van der Waals surface area contributed by atoms with Gasteiger partial charge in [-0.25, -0.2) is 14.2 Å². The second kappa shape index (κ2) is 5.12. The van der Waals surface area contributed by atoms with Crippen LogP contribution in [-0.2, 0) is 20.9 Å². The molecule has 0 amide bonds. The molecule has 23 heavy (non-hydrogen) atoms. The van der Waals surface area contributed by atoms with Gasteiger partial charge in [0.15, 0.2) is 0 Å². The highest BCUT2D eigenvalue weighted by molar-refractivity contribution is 6.29. The second-order valence-electron chi connectivity index (χ2n) is 5.92. The summed E-state index contributed by atoms with van der Waals surface area (Å²) < 4.78 is 19.9. The van der Waals surface area contributed by atoms with E-state index in [1.54, 1.807) is 12.1 Å². The molecule has 0 spiro atoms. The Morgan fingerprint density at radius 2 is 2.13 bits per heavy atom. The SMILES string of the molecule is N[C@]1(C(=O)O)[C@H]2[C@@H](C[C@H]1OCc1ccc(Cl)nc1)[C@]2(F)C(=O)O. The van der Waals surface area contributed by atoms with Crippen molar-refractivity contribution in [2.24, 2.45) is 17.6 Å². The molecule has 2 aliphatic rings. The number of alkyl halides is 1. The van der Waals surface area contributed by atoms with Crippen LogP contribution >= 0.6 is 11.6 Å². The zero-order chi connectivity index (χ0) is 17.0. The number of carboxylic acid groups (broad SMARTS) is 2. The number of carboxylic acids is 2. The average molecular weight is 345 g/mol. The van der Waals surface area contributed by atoms with E-state index in [0.29, 0.717) is 10.7 Å². The Labute approximate surface area is 135 Å². The summed E-state index contributed by atoms with van der Waals surface area (Å²) in [4.78, 5) is 26.4. The highest BCUT2D eigenvalue weighted by atomic mass is 35.5. The van der Waals surface area contributed by atoms with Crippen LogP contribution in [0.3, 0.4) is 0 Å². The predicted molar refractivity (Wildman–Crippen MR) is 75.5 cm³/mol. The van der Waals surface area contributed by atoms with E-state index in [9.17, 15) is 19.1 Å². The summed E-state index contributed by atoms with van der Waals surface area (Å²) in [6.45, 7) is 0.0207. The first-order valence-corrected chi connectivity index (χ1v) is 7.26. The lowest BCUT2D eigenvalue weighted by molar-refractivity contribution is -0.156. The molecular formula is C14H14ClFN2O5. The third-order valence-electron chi connectivity index (χ3n) is 4.74. The van der Waals surface area contributed by atoms with Gasteiger partial charge in [-0.2, -0.15) is 0 Å². The number of hydrogen-bond acceptors (Lipinski definition) is 5. The van der Waals surface area contributed by atoms with Crippen LogP contribution in [0.25, 0.3) is 0 Å². The highest BCUT2D eigenvalue weighted by Crippen LogP contribution is 2.67. The van der Waals surface area contributed by atoms with Gasteiger partial charge in [0.2, 0.25) is 5.67 Å². The van der Waals surface area contributed by atoms with E-state index in [1.807, 2.05) is 0 Å². The molecule has 1 heterocycles. The Morgan fingerprint density at radius 1 is 1.43 bits per heavy atom. The lowest BCUT2D eigenvalue weighted by Crippen LogP contribution is -2.60. The minimum Gasteiger partial charge on any atom is -0.480 e. The van der Waals surface area contributed by atoms with Crippen molar-refractivity contribution >= 4 is 23.5 Å². The fraction of sp³-hybridized carbons (Fsp3) is 0.500. The fourth-order valence-electron chi connectivity index (χ4n) is 3.50. The molecular weight excluding hydrogens is 331 g/mol. The van der Waals surface area contributed by atoms with Crippen molar-refractivity contribution in [1.82, 2.24) is 4.98 Å². The Kier molecular flexibility index (Phi) is 3.58. The molecule has 7 nitrogen and oxygen atoms in total. The van der Waals surface area contributed by atoms with Crippen LogP contribution in [0.2, 0.25) is 5.15 Å². The van der Waals surface area contributed by atoms with Crippen LogP contribution < -0.4 is 5.73 Å². The number of hydrogen-bond donors (Lipinski definition) is 3. The lowest BCUT2D eigenvalue weighted by atomic mass is 9.88. The standard InChI is InChI=1S/C14H14ClFN2O5/c15-9-2-1-6(4-18-9)5-23-8-3-7-10(13(7,16)11(19)20)14(8,17)12(21)22/h1-2,4,7-8,10H,3,5,17H2,(H,19,20)(H,21,22)/t7-,8-,10+,13-,14+/m1/s1. The van der Waals surface area contributed by atoms with Crippen molar-refractivity contribution in [2.75, 3.05) is 0 Å². The molecule has 1 aromatic rings. The third kappa shape index (κ3) is 2.20. The summed E-state index contributed by atoms with van der Waals surface area (Å²) in [6.07, 6.45) is 0.430. The van der Waals surface area contributed by atoms with Crippen molar-refractivity contribution in [1.29, 1.82) is 0 Å². The van der Waals surface area contributed by atoms with Gasteiger partial charge < -0.3 is 20.7 Å². The Morgan fingerprint density at radius 3 is 2.65 bits per heavy atom. The second-order valence-corrected chi connectivity index (χ2v) is 6.31. The quantitative estimate of drug-likeness (QED) is 0.676. The van der Waals surface area contributed by atoms with Gasteiger partial charge in [-0.05, 0) is 18.1 Å². The smallest absolute Gasteiger partial charge is 0.342 e. The maximum absolute atomic E-state index is 14.3. The zero-order valence-electron chi connectivity index (χ0n) is 11.8. The fourth-order valence-corrected chi connectivity index (χ4v) is 3.61. The van der Waals surface area contributed by atoms with E-state index in [0.717, 1.165) is 0 Å².